The van der Waals surface area contributed by atoms with E-state index < -0.39 is 11.8 Å². The van der Waals surface area contributed by atoms with E-state index in [4.69, 9.17) is 10.4 Å². The van der Waals surface area contributed by atoms with Crippen LogP contribution in [0.2, 0.25) is 0 Å². The summed E-state index contributed by atoms with van der Waals surface area (Å²) in [4.78, 5) is 10.7. The molecule has 20 heavy (non-hydrogen) atoms. The second kappa shape index (κ2) is 5.85. The molecule has 0 aliphatic heterocycles. The maximum Gasteiger partial charge on any atom is 0.338 e. The van der Waals surface area contributed by atoms with Gasteiger partial charge in [0, 0.05) is 12.2 Å². The number of nitrogens with zero attached hydrogens (tertiary/aromatic N) is 1. The van der Waals surface area contributed by atoms with E-state index in [2.05, 4.69) is 5.32 Å². The Morgan fingerprint density at radius 1 is 1.30 bits per heavy atom. The van der Waals surface area contributed by atoms with Crippen molar-refractivity contribution in [2.45, 2.75) is 6.54 Å². The lowest BCUT2D eigenvalue weighted by molar-refractivity contribution is 0.0692. The number of nitrogens with one attached hydrogen (secondary N) is 1. The van der Waals surface area contributed by atoms with Crippen LogP contribution in [0.3, 0.4) is 0 Å². The topological polar surface area (TPSA) is 73.1 Å². The number of carbonyl (C=O) groups is 1. The Morgan fingerprint density at radius 3 is 2.75 bits per heavy atom. The molecule has 0 saturated heterocycles. The van der Waals surface area contributed by atoms with Crippen molar-refractivity contribution in [3.63, 3.8) is 0 Å². The smallest absolute Gasteiger partial charge is 0.338 e. The van der Waals surface area contributed by atoms with Gasteiger partial charge < -0.3 is 10.4 Å². The standard InChI is InChI=1S/C15H11FN2O2/c16-14-7-11(4-5-13(14)15(19)20)9-18-12-3-1-2-10(6-12)8-17/h1-7,18H,9H2,(H,19,20). The molecule has 0 spiro atoms. The van der Waals surface area contributed by atoms with E-state index in [1.807, 2.05) is 6.07 Å². The summed E-state index contributed by atoms with van der Waals surface area (Å²) in [7, 11) is 0. The number of nitriles is 1. The second-order valence-corrected chi connectivity index (χ2v) is 4.17. The van der Waals surface area contributed by atoms with E-state index in [1.54, 1.807) is 30.3 Å². The summed E-state index contributed by atoms with van der Waals surface area (Å²) in [6, 6.07) is 12.9. The van der Waals surface area contributed by atoms with Gasteiger partial charge in [-0.25, -0.2) is 9.18 Å². The van der Waals surface area contributed by atoms with Gasteiger partial charge in [0.05, 0.1) is 17.2 Å². The Balaban J connectivity index is 2.09. The van der Waals surface area contributed by atoms with Gasteiger partial charge in [0.2, 0.25) is 0 Å². The molecule has 0 atom stereocenters. The maximum absolute atomic E-state index is 13.5. The molecule has 4 nitrogen and oxygen atoms in total. The molecule has 0 aromatic heterocycles. The molecular formula is C15H11FN2O2. The molecule has 2 N–H and O–H groups in total. The normalized spacial score (nSPS) is 9.80. The largest absolute Gasteiger partial charge is 0.478 e. The quantitative estimate of drug-likeness (QED) is 0.895. The van der Waals surface area contributed by atoms with Crippen molar-refractivity contribution >= 4 is 11.7 Å². The molecule has 0 aliphatic rings. The fourth-order valence-electron chi connectivity index (χ4n) is 1.74. The number of halogens is 1. The van der Waals surface area contributed by atoms with Gasteiger partial charge in [0.15, 0.2) is 0 Å². The summed E-state index contributed by atoms with van der Waals surface area (Å²) in [5.74, 6) is -2.05. The highest BCUT2D eigenvalue weighted by Crippen LogP contribution is 2.14. The van der Waals surface area contributed by atoms with Crippen molar-refractivity contribution < 1.29 is 14.3 Å². The number of carboxylic acid groups (broad SMARTS) is 1. The van der Waals surface area contributed by atoms with Crippen LogP contribution in [0.5, 0.6) is 0 Å². The first kappa shape index (κ1) is 13.6. The van der Waals surface area contributed by atoms with E-state index in [1.165, 1.54) is 12.1 Å². The second-order valence-electron chi connectivity index (χ2n) is 4.17. The van der Waals surface area contributed by atoms with Gasteiger partial charge in [-0.1, -0.05) is 12.1 Å². The van der Waals surface area contributed by atoms with Crippen LogP contribution in [0.4, 0.5) is 10.1 Å². The zero-order chi connectivity index (χ0) is 14.5. The van der Waals surface area contributed by atoms with E-state index in [-0.39, 0.29) is 5.56 Å². The van der Waals surface area contributed by atoms with E-state index in [9.17, 15) is 9.18 Å². The van der Waals surface area contributed by atoms with Crippen LogP contribution in [-0.4, -0.2) is 11.1 Å². The molecule has 2 aromatic rings. The molecule has 100 valence electrons. The summed E-state index contributed by atoms with van der Waals surface area (Å²) >= 11 is 0. The fourth-order valence-corrected chi connectivity index (χ4v) is 1.74. The summed E-state index contributed by atoms with van der Waals surface area (Å²) < 4.78 is 13.5. The highest BCUT2D eigenvalue weighted by atomic mass is 19.1. The molecule has 0 heterocycles. The SMILES string of the molecule is N#Cc1cccc(NCc2ccc(C(=O)O)c(F)c2)c1. The molecule has 0 aliphatic carbocycles. The third kappa shape index (κ3) is 3.12. The number of hydrogen-bond acceptors (Lipinski definition) is 3. The van der Waals surface area contributed by atoms with Gasteiger partial charge in [0.1, 0.15) is 5.82 Å². The molecule has 2 aromatic carbocycles. The van der Waals surface area contributed by atoms with E-state index in [0.717, 1.165) is 5.69 Å². The number of carboxylic acids is 1. The third-order valence-corrected chi connectivity index (χ3v) is 2.75. The van der Waals surface area contributed by atoms with Gasteiger partial charge in [-0.3, -0.25) is 0 Å². The van der Waals surface area contributed by atoms with Crippen molar-refractivity contribution in [3.8, 4) is 6.07 Å². The Labute approximate surface area is 115 Å². The molecule has 0 fully saturated rings. The predicted octanol–water partition coefficient (Wildman–Crippen LogP) is 3.01. The summed E-state index contributed by atoms with van der Waals surface area (Å²) in [5.41, 5.74) is 1.55. The first-order chi connectivity index (χ1) is 9.60. The molecular weight excluding hydrogens is 259 g/mol. The number of anilines is 1. The summed E-state index contributed by atoms with van der Waals surface area (Å²) in [6.07, 6.45) is 0. The van der Waals surface area contributed by atoms with Crippen LogP contribution in [-0.2, 0) is 6.54 Å². The van der Waals surface area contributed by atoms with E-state index >= 15 is 0 Å². The van der Waals surface area contributed by atoms with E-state index in [0.29, 0.717) is 17.7 Å². The van der Waals surface area contributed by atoms with Crippen molar-refractivity contribution in [2.75, 3.05) is 5.32 Å². The zero-order valence-electron chi connectivity index (χ0n) is 10.4. The highest BCUT2D eigenvalue weighted by Gasteiger charge is 2.10. The van der Waals surface area contributed by atoms with Crippen molar-refractivity contribution in [2.24, 2.45) is 0 Å². The maximum atomic E-state index is 13.5. The van der Waals surface area contributed by atoms with Crippen LogP contribution in [0.15, 0.2) is 42.5 Å². The molecule has 0 bridgehead atoms. The van der Waals surface area contributed by atoms with Gasteiger partial charge in [-0.2, -0.15) is 5.26 Å². The Morgan fingerprint density at radius 2 is 2.10 bits per heavy atom. The minimum absolute atomic E-state index is 0.339. The van der Waals surface area contributed by atoms with Gasteiger partial charge in [0.25, 0.3) is 0 Å². The Bertz CT molecular complexity index is 693. The van der Waals surface area contributed by atoms with Crippen LogP contribution >= 0.6 is 0 Å². The zero-order valence-corrected chi connectivity index (χ0v) is 10.4. The first-order valence-corrected chi connectivity index (χ1v) is 5.86. The minimum Gasteiger partial charge on any atom is -0.478 e. The lowest BCUT2D eigenvalue weighted by atomic mass is 10.1. The number of aromatic carboxylic acids is 1. The minimum atomic E-state index is -1.29. The third-order valence-electron chi connectivity index (χ3n) is 2.75. The molecule has 0 saturated carbocycles. The number of hydrogen-bond donors (Lipinski definition) is 2. The molecule has 0 radical (unpaired) electrons. The number of benzene rings is 2. The lowest BCUT2D eigenvalue weighted by Gasteiger charge is -2.07. The molecule has 5 heteroatoms. The average molecular weight is 270 g/mol. The summed E-state index contributed by atoms with van der Waals surface area (Å²) in [6.45, 7) is 0.339. The van der Waals surface area contributed by atoms with Gasteiger partial charge in [-0.15, -0.1) is 0 Å². The lowest BCUT2D eigenvalue weighted by Crippen LogP contribution is -2.04. The van der Waals surface area contributed by atoms with Crippen LogP contribution in [0.1, 0.15) is 21.5 Å². The Kier molecular flexibility index (Phi) is 3.96. The number of rotatable bonds is 4. The van der Waals surface area contributed by atoms with Crippen molar-refractivity contribution in [3.05, 3.63) is 65.0 Å². The van der Waals surface area contributed by atoms with Crippen LogP contribution in [0, 0.1) is 17.1 Å². The van der Waals surface area contributed by atoms with Crippen LogP contribution in [0.25, 0.3) is 0 Å². The first-order valence-electron chi connectivity index (χ1n) is 5.86. The van der Waals surface area contributed by atoms with Crippen LogP contribution < -0.4 is 5.32 Å². The average Bonchev–Trinajstić information content (AvgIpc) is 2.45. The summed E-state index contributed by atoms with van der Waals surface area (Å²) in [5, 5.41) is 20.6. The molecule has 2 rings (SSSR count). The van der Waals surface area contributed by atoms with Crippen molar-refractivity contribution in [1.29, 1.82) is 5.26 Å². The fraction of sp³-hybridized carbons (Fsp3) is 0.0667. The van der Waals surface area contributed by atoms with Crippen molar-refractivity contribution in [1.82, 2.24) is 0 Å². The van der Waals surface area contributed by atoms with Gasteiger partial charge >= 0.3 is 5.97 Å². The highest BCUT2D eigenvalue weighted by molar-refractivity contribution is 5.87. The molecule has 0 unspecified atom stereocenters. The Hall–Kier alpha value is -2.87. The monoisotopic (exact) mass is 270 g/mol. The molecule has 0 amide bonds. The predicted molar refractivity (Wildman–Crippen MR) is 71.8 cm³/mol. The van der Waals surface area contributed by atoms with Gasteiger partial charge in [-0.05, 0) is 35.9 Å².